The summed E-state index contributed by atoms with van der Waals surface area (Å²) in [5, 5.41) is 7.57. The van der Waals surface area contributed by atoms with E-state index in [0.717, 1.165) is 23.3 Å². The van der Waals surface area contributed by atoms with Crippen molar-refractivity contribution >= 4 is 71.0 Å². The van der Waals surface area contributed by atoms with Crippen LogP contribution in [0.2, 0.25) is 0 Å². The van der Waals surface area contributed by atoms with Gasteiger partial charge in [0, 0.05) is 38.0 Å². The van der Waals surface area contributed by atoms with Crippen molar-refractivity contribution in [1.82, 2.24) is 5.32 Å². The standard InChI is InChI=1S/C18H33NOS6/c1-4-6-8-15-11-14(7-5-2)22-21-13(3)17-18(26-23-15)16(24-25-17)12-19-9-10-20/h10,13-19H,4-9,11-12H2,1-3H3. The van der Waals surface area contributed by atoms with Crippen LogP contribution in [0.5, 0.6) is 0 Å². The lowest BCUT2D eigenvalue weighted by molar-refractivity contribution is -0.107. The molecule has 2 aliphatic heterocycles. The van der Waals surface area contributed by atoms with Gasteiger partial charge >= 0.3 is 0 Å². The summed E-state index contributed by atoms with van der Waals surface area (Å²) >= 11 is 0. The monoisotopic (exact) mass is 471 g/mol. The van der Waals surface area contributed by atoms with E-state index in [-0.39, 0.29) is 0 Å². The molecule has 8 heteroatoms. The number of rotatable bonds is 9. The van der Waals surface area contributed by atoms with Crippen molar-refractivity contribution in [2.24, 2.45) is 0 Å². The summed E-state index contributed by atoms with van der Waals surface area (Å²) in [4.78, 5) is 10.6. The summed E-state index contributed by atoms with van der Waals surface area (Å²) in [6, 6.07) is 0. The number of hydrogen-bond donors (Lipinski definition) is 1. The molecule has 0 aromatic heterocycles. The van der Waals surface area contributed by atoms with Crippen LogP contribution < -0.4 is 5.32 Å². The Labute approximate surface area is 184 Å². The van der Waals surface area contributed by atoms with Crippen molar-refractivity contribution in [2.75, 3.05) is 13.1 Å². The Bertz CT molecular complexity index is 402. The molecular weight excluding hydrogens is 439 g/mol. The van der Waals surface area contributed by atoms with Crippen molar-refractivity contribution in [1.29, 1.82) is 0 Å². The van der Waals surface area contributed by atoms with Gasteiger partial charge in [-0.25, -0.2) is 0 Å². The van der Waals surface area contributed by atoms with Gasteiger partial charge in [0.25, 0.3) is 0 Å². The highest BCUT2D eigenvalue weighted by Crippen LogP contribution is 2.57. The van der Waals surface area contributed by atoms with Crippen LogP contribution in [-0.2, 0) is 4.79 Å². The van der Waals surface area contributed by atoms with Crippen molar-refractivity contribution in [3.8, 4) is 0 Å². The summed E-state index contributed by atoms with van der Waals surface area (Å²) < 4.78 is 0. The van der Waals surface area contributed by atoms with Crippen molar-refractivity contribution in [2.45, 2.75) is 90.8 Å². The third-order valence-corrected chi connectivity index (χ3v) is 15.6. The normalized spacial score (nSPS) is 35.8. The maximum Gasteiger partial charge on any atom is 0.133 e. The molecule has 2 fully saturated rings. The average molecular weight is 472 g/mol. The van der Waals surface area contributed by atoms with Gasteiger partial charge in [-0.2, -0.15) is 0 Å². The predicted octanol–water partition coefficient (Wildman–Crippen LogP) is 6.56. The Balaban J connectivity index is 2.02. The molecule has 26 heavy (non-hydrogen) atoms. The van der Waals surface area contributed by atoms with Gasteiger partial charge in [0.1, 0.15) is 6.29 Å². The number of carbonyl (C=O) groups excluding carboxylic acids is 1. The Morgan fingerprint density at radius 2 is 1.65 bits per heavy atom. The van der Waals surface area contributed by atoms with Crippen molar-refractivity contribution in [3.05, 3.63) is 0 Å². The van der Waals surface area contributed by atoms with E-state index in [1.54, 1.807) is 0 Å². The Hall–Kier alpha value is 1.73. The fourth-order valence-corrected chi connectivity index (χ4v) is 15.9. The molecule has 6 unspecified atom stereocenters. The molecule has 6 atom stereocenters. The molecule has 2 aliphatic rings. The van der Waals surface area contributed by atoms with Crippen LogP contribution in [0.1, 0.15) is 59.3 Å². The summed E-state index contributed by atoms with van der Waals surface area (Å²) in [5.41, 5.74) is 0. The number of carbonyl (C=O) groups is 1. The lowest BCUT2D eigenvalue weighted by Gasteiger charge is -2.31. The highest BCUT2D eigenvalue weighted by molar-refractivity contribution is 8.81. The van der Waals surface area contributed by atoms with E-state index in [0.29, 0.717) is 27.5 Å². The third-order valence-electron chi connectivity index (χ3n) is 4.68. The van der Waals surface area contributed by atoms with Gasteiger partial charge in [-0.3, -0.25) is 0 Å². The molecule has 0 spiro atoms. The highest BCUT2D eigenvalue weighted by Gasteiger charge is 2.42. The summed E-state index contributed by atoms with van der Waals surface area (Å²) in [7, 11) is 12.8. The Morgan fingerprint density at radius 3 is 2.38 bits per heavy atom. The van der Waals surface area contributed by atoms with Gasteiger partial charge in [0.2, 0.25) is 0 Å². The molecular formula is C18H33NOS6. The van der Waals surface area contributed by atoms with Gasteiger partial charge in [-0.15, -0.1) is 0 Å². The number of nitrogens with one attached hydrogen (secondary N) is 1. The summed E-state index contributed by atoms with van der Waals surface area (Å²) in [6.07, 6.45) is 9.01. The Morgan fingerprint density at radius 1 is 0.923 bits per heavy atom. The number of fused-ring (bicyclic) bond motifs is 1. The number of hydrogen-bond acceptors (Lipinski definition) is 8. The second kappa shape index (κ2) is 13.9. The topological polar surface area (TPSA) is 29.1 Å². The van der Waals surface area contributed by atoms with Gasteiger partial charge in [-0.1, -0.05) is 105 Å². The van der Waals surface area contributed by atoms with Crippen LogP contribution in [0.25, 0.3) is 0 Å². The molecule has 0 bridgehead atoms. The molecule has 2 nitrogen and oxygen atoms in total. The van der Waals surface area contributed by atoms with Crippen LogP contribution in [0.4, 0.5) is 0 Å². The fourth-order valence-electron chi connectivity index (χ4n) is 3.17. The quantitative estimate of drug-likeness (QED) is 0.230. The molecule has 0 aromatic rings. The molecule has 2 saturated heterocycles. The molecule has 0 amide bonds. The third kappa shape index (κ3) is 7.86. The van der Waals surface area contributed by atoms with E-state index >= 15 is 0 Å². The maximum atomic E-state index is 10.6. The first-order valence-electron chi connectivity index (χ1n) is 9.80. The van der Waals surface area contributed by atoms with Crippen LogP contribution in [-0.4, -0.2) is 50.9 Å². The minimum atomic E-state index is 0.481. The predicted molar refractivity (Wildman–Crippen MR) is 132 cm³/mol. The minimum Gasteiger partial charge on any atom is -0.309 e. The van der Waals surface area contributed by atoms with Crippen LogP contribution in [0, 0.1) is 0 Å². The van der Waals surface area contributed by atoms with E-state index in [2.05, 4.69) is 80.1 Å². The first-order valence-corrected chi connectivity index (χ1v) is 16.6. The molecule has 0 saturated carbocycles. The van der Waals surface area contributed by atoms with E-state index in [4.69, 9.17) is 0 Å². The SMILES string of the molecule is CCCCC1CC(CCC)SSC(C)C2SSC(CNCC=O)C2SS1. The number of unbranched alkanes of at least 4 members (excludes halogenated alkanes) is 1. The zero-order valence-corrected chi connectivity index (χ0v) is 21.0. The minimum absolute atomic E-state index is 0.481. The van der Waals surface area contributed by atoms with E-state index in [1.807, 2.05) is 10.8 Å². The van der Waals surface area contributed by atoms with Gasteiger partial charge < -0.3 is 10.1 Å². The zero-order valence-electron chi connectivity index (χ0n) is 16.1. The maximum absolute atomic E-state index is 10.6. The molecule has 0 aromatic carbocycles. The largest absolute Gasteiger partial charge is 0.309 e. The zero-order chi connectivity index (χ0) is 18.8. The van der Waals surface area contributed by atoms with Crippen molar-refractivity contribution in [3.63, 3.8) is 0 Å². The van der Waals surface area contributed by atoms with E-state index in [9.17, 15) is 4.79 Å². The van der Waals surface area contributed by atoms with Crippen LogP contribution in [0.3, 0.4) is 0 Å². The van der Waals surface area contributed by atoms with E-state index < -0.39 is 0 Å². The van der Waals surface area contributed by atoms with Crippen LogP contribution in [0.15, 0.2) is 0 Å². The molecule has 0 radical (unpaired) electrons. The highest BCUT2D eigenvalue weighted by atomic mass is 33.1. The Kier molecular flexibility index (Phi) is 12.8. The lowest BCUT2D eigenvalue weighted by Crippen LogP contribution is -2.37. The molecule has 2 heterocycles. The summed E-state index contributed by atoms with van der Waals surface area (Å²) in [6.45, 7) is 8.49. The number of aldehydes is 1. The van der Waals surface area contributed by atoms with Crippen LogP contribution >= 0.6 is 64.8 Å². The summed E-state index contributed by atoms with van der Waals surface area (Å²) in [5.74, 6) is 0. The van der Waals surface area contributed by atoms with Gasteiger partial charge in [0.15, 0.2) is 0 Å². The fraction of sp³-hybridized carbons (Fsp3) is 0.944. The molecule has 0 aliphatic carbocycles. The molecule has 2 rings (SSSR count). The van der Waals surface area contributed by atoms with Gasteiger partial charge in [0.05, 0.1) is 6.54 Å². The van der Waals surface area contributed by atoms with Gasteiger partial charge in [-0.05, 0) is 19.3 Å². The van der Waals surface area contributed by atoms with Crippen molar-refractivity contribution < 1.29 is 4.79 Å². The lowest BCUT2D eigenvalue weighted by atomic mass is 10.1. The first kappa shape index (κ1) is 24.0. The first-order chi connectivity index (χ1) is 12.7. The molecule has 1 N–H and O–H groups in total. The average Bonchev–Trinajstić information content (AvgIpc) is 3.04. The second-order valence-corrected chi connectivity index (χ2v) is 15.4. The smallest absolute Gasteiger partial charge is 0.133 e. The van der Waals surface area contributed by atoms with E-state index in [1.165, 1.54) is 38.5 Å². The second-order valence-electron chi connectivity index (χ2n) is 6.99. The molecule has 152 valence electrons.